The molecular formula is C16H13FO2. The number of carboxylic acids is 1. The summed E-state index contributed by atoms with van der Waals surface area (Å²) in [6, 6.07) is 10.3. The summed E-state index contributed by atoms with van der Waals surface area (Å²) in [5.74, 6) is -1.92. The van der Waals surface area contributed by atoms with Crippen LogP contribution < -0.4 is 0 Å². The number of carboxylic acid groups (broad SMARTS) is 1. The lowest BCUT2D eigenvalue weighted by Crippen LogP contribution is -2.03. The molecule has 0 amide bonds. The minimum atomic E-state index is -1.23. The third kappa shape index (κ3) is 2.01. The van der Waals surface area contributed by atoms with E-state index in [1.165, 1.54) is 17.2 Å². The molecule has 2 aromatic carbocycles. The summed E-state index contributed by atoms with van der Waals surface area (Å²) in [7, 11) is 0. The lowest BCUT2D eigenvalue weighted by molar-refractivity contribution is 0.0693. The Morgan fingerprint density at radius 2 is 1.89 bits per heavy atom. The fourth-order valence-corrected chi connectivity index (χ4v) is 2.72. The minimum absolute atomic E-state index is 0.250. The quantitative estimate of drug-likeness (QED) is 0.890. The molecule has 1 aliphatic rings. The van der Waals surface area contributed by atoms with E-state index in [1.807, 2.05) is 18.2 Å². The largest absolute Gasteiger partial charge is 0.478 e. The Kier molecular flexibility index (Phi) is 2.82. The van der Waals surface area contributed by atoms with Gasteiger partial charge in [-0.05, 0) is 47.6 Å². The van der Waals surface area contributed by atoms with Crippen LogP contribution in [0, 0.1) is 5.82 Å². The highest BCUT2D eigenvalue weighted by Crippen LogP contribution is 2.30. The van der Waals surface area contributed by atoms with Gasteiger partial charge in [-0.15, -0.1) is 0 Å². The lowest BCUT2D eigenvalue weighted by atomic mass is 9.96. The average molecular weight is 256 g/mol. The number of rotatable bonds is 2. The number of benzene rings is 2. The first-order valence-electron chi connectivity index (χ1n) is 6.31. The van der Waals surface area contributed by atoms with Crippen molar-refractivity contribution in [3.63, 3.8) is 0 Å². The topological polar surface area (TPSA) is 37.3 Å². The Morgan fingerprint density at radius 3 is 2.68 bits per heavy atom. The summed E-state index contributed by atoms with van der Waals surface area (Å²) in [5, 5.41) is 9.16. The molecule has 0 aliphatic heterocycles. The van der Waals surface area contributed by atoms with Crippen LogP contribution in [0.15, 0.2) is 36.4 Å². The zero-order valence-corrected chi connectivity index (χ0v) is 10.3. The third-order valence-electron chi connectivity index (χ3n) is 3.64. The van der Waals surface area contributed by atoms with Gasteiger partial charge >= 0.3 is 5.97 Å². The molecule has 0 heterocycles. The van der Waals surface area contributed by atoms with E-state index in [2.05, 4.69) is 0 Å². The molecular weight excluding hydrogens is 243 g/mol. The molecule has 0 saturated heterocycles. The molecule has 1 N–H and O–H groups in total. The van der Waals surface area contributed by atoms with Gasteiger partial charge in [0.05, 0.1) is 0 Å². The van der Waals surface area contributed by atoms with Crippen LogP contribution in [0.25, 0.3) is 11.1 Å². The maximum absolute atomic E-state index is 13.7. The average Bonchev–Trinajstić information content (AvgIpc) is 2.85. The number of halogens is 1. The molecule has 0 atom stereocenters. The van der Waals surface area contributed by atoms with Crippen LogP contribution in [0.4, 0.5) is 4.39 Å². The Balaban J connectivity index is 2.17. The SMILES string of the molecule is O=C(O)c1c(F)cccc1-c1ccc2c(c1)CCC2. The molecule has 0 fully saturated rings. The zero-order valence-electron chi connectivity index (χ0n) is 10.3. The molecule has 2 aromatic rings. The van der Waals surface area contributed by atoms with E-state index in [1.54, 1.807) is 12.1 Å². The standard InChI is InChI=1S/C16H13FO2/c17-14-6-2-5-13(15(14)16(18)19)12-8-7-10-3-1-4-11(10)9-12/h2,5-9H,1,3-4H2,(H,18,19). The van der Waals surface area contributed by atoms with Crippen LogP contribution in [-0.4, -0.2) is 11.1 Å². The summed E-state index contributed by atoms with van der Waals surface area (Å²) in [6.07, 6.45) is 3.22. The molecule has 0 aromatic heterocycles. The van der Waals surface area contributed by atoms with E-state index in [0.29, 0.717) is 5.56 Å². The predicted molar refractivity (Wildman–Crippen MR) is 70.8 cm³/mol. The van der Waals surface area contributed by atoms with Crippen LogP contribution in [0.2, 0.25) is 0 Å². The second-order valence-corrected chi connectivity index (χ2v) is 4.80. The van der Waals surface area contributed by atoms with Crippen LogP contribution in [-0.2, 0) is 12.8 Å². The van der Waals surface area contributed by atoms with Crippen molar-refractivity contribution >= 4 is 5.97 Å². The van der Waals surface area contributed by atoms with Gasteiger partial charge in [0.25, 0.3) is 0 Å². The molecule has 0 saturated carbocycles. The molecule has 96 valence electrons. The fourth-order valence-electron chi connectivity index (χ4n) is 2.72. The smallest absolute Gasteiger partial charge is 0.339 e. The van der Waals surface area contributed by atoms with E-state index in [9.17, 15) is 9.18 Å². The molecule has 0 radical (unpaired) electrons. The molecule has 0 spiro atoms. The molecule has 3 rings (SSSR count). The molecule has 1 aliphatic carbocycles. The highest BCUT2D eigenvalue weighted by Gasteiger charge is 2.18. The van der Waals surface area contributed by atoms with Crippen molar-refractivity contribution in [3.05, 3.63) is 58.9 Å². The molecule has 2 nitrogen and oxygen atoms in total. The maximum atomic E-state index is 13.7. The van der Waals surface area contributed by atoms with Crippen molar-refractivity contribution in [2.45, 2.75) is 19.3 Å². The molecule has 19 heavy (non-hydrogen) atoms. The summed E-state index contributed by atoms with van der Waals surface area (Å²) in [5.41, 5.74) is 3.54. The first-order valence-corrected chi connectivity index (χ1v) is 6.31. The first-order chi connectivity index (χ1) is 9.16. The molecule has 0 bridgehead atoms. The van der Waals surface area contributed by atoms with Crippen LogP contribution in [0.3, 0.4) is 0 Å². The molecule has 3 heteroatoms. The summed E-state index contributed by atoms with van der Waals surface area (Å²) in [4.78, 5) is 11.2. The van der Waals surface area contributed by atoms with E-state index in [-0.39, 0.29) is 5.56 Å². The maximum Gasteiger partial charge on any atom is 0.339 e. The van der Waals surface area contributed by atoms with Gasteiger partial charge < -0.3 is 5.11 Å². The van der Waals surface area contributed by atoms with Gasteiger partial charge in [-0.1, -0.05) is 30.3 Å². The number of fused-ring (bicyclic) bond motifs is 1. The van der Waals surface area contributed by atoms with Gasteiger partial charge in [0, 0.05) is 0 Å². The Morgan fingerprint density at radius 1 is 1.11 bits per heavy atom. The van der Waals surface area contributed by atoms with Gasteiger partial charge in [0.2, 0.25) is 0 Å². The van der Waals surface area contributed by atoms with Crippen molar-refractivity contribution in [2.24, 2.45) is 0 Å². The number of aryl methyl sites for hydroxylation is 2. The van der Waals surface area contributed by atoms with Crippen LogP contribution >= 0.6 is 0 Å². The lowest BCUT2D eigenvalue weighted by Gasteiger charge is -2.09. The number of hydrogen-bond donors (Lipinski definition) is 1. The number of hydrogen-bond acceptors (Lipinski definition) is 1. The van der Waals surface area contributed by atoms with Crippen molar-refractivity contribution in [1.29, 1.82) is 0 Å². The Hall–Kier alpha value is -2.16. The van der Waals surface area contributed by atoms with E-state index >= 15 is 0 Å². The highest BCUT2D eigenvalue weighted by atomic mass is 19.1. The third-order valence-corrected chi connectivity index (χ3v) is 3.64. The monoisotopic (exact) mass is 256 g/mol. The van der Waals surface area contributed by atoms with Crippen LogP contribution in [0.1, 0.15) is 27.9 Å². The van der Waals surface area contributed by atoms with Gasteiger partial charge in [0.15, 0.2) is 0 Å². The van der Waals surface area contributed by atoms with Crippen molar-refractivity contribution < 1.29 is 14.3 Å². The van der Waals surface area contributed by atoms with Crippen LogP contribution in [0.5, 0.6) is 0 Å². The number of aromatic carboxylic acids is 1. The summed E-state index contributed by atoms with van der Waals surface area (Å²) in [6.45, 7) is 0. The number of carbonyl (C=O) groups is 1. The van der Waals surface area contributed by atoms with Gasteiger partial charge in [-0.3, -0.25) is 0 Å². The van der Waals surface area contributed by atoms with Crippen molar-refractivity contribution in [2.75, 3.05) is 0 Å². The Labute approximate surface area is 110 Å². The second kappa shape index (κ2) is 4.50. The van der Waals surface area contributed by atoms with E-state index in [4.69, 9.17) is 5.11 Å². The van der Waals surface area contributed by atoms with E-state index < -0.39 is 11.8 Å². The van der Waals surface area contributed by atoms with Gasteiger partial charge in [-0.2, -0.15) is 0 Å². The minimum Gasteiger partial charge on any atom is -0.478 e. The normalized spacial score (nSPS) is 13.3. The summed E-state index contributed by atoms with van der Waals surface area (Å²) < 4.78 is 13.7. The zero-order chi connectivity index (χ0) is 13.4. The summed E-state index contributed by atoms with van der Waals surface area (Å²) >= 11 is 0. The predicted octanol–water partition coefficient (Wildman–Crippen LogP) is 3.68. The first kappa shape index (κ1) is 11.9. The van der Waals surface area contributed by atoms with Gasteiger partial charge in [0.1, 0.15) is 11.4 Å². The fraction of sp³-hybridized carbons (Fsp3) is 0.188. The Bertz CT molecular complexity index is 662. The van der Waals surface area contributed by atoms with Crippen molar-refractivity contribution in [1.82, 2.24) is 0 Å². The second-order valence-electron chi connectivity index (χ2n) is 4.80. The highest BCUT2D eigenvalue weighted by molar-refractivity contribution is 5.96. The molecule has 0 unspecified atom stereocenters. The van der Waals surface area contributed by atoms with E-state index in [0.717, 1.165) is 24.8 Å². The van der Waals surface area contributed by atoms with Crippen molar-refractivity contribution in [3.8, 4) is 11.1 Å². The van der Waals surface area contributed by atoms with Gasteiger partial charge in [-0.25, -0.2) is 9.18 Å².